The van der Waals surface area contributed by atoms with E-state index in [9.17, 15) is 5.26 Å². The average molecular weight is 277 g/mol. The van der Waals surface area contributed by atoms with Gasteiger partial charge in [0.05, 0.1) is 6.07 Å². The molecule has 1 heterocycles. The van der Waals surface area contributed by atoms with Gasteiger partial charge in [-0.05, 0) is 64.0 Å². The minimum atomic E-state index is -0.263. The van der Waals surface area contributed by atoms with Crippen LogP contribution in [0.2, 0.25) is 0 Å². The Kier molecular flexibility index (Phi) is 5.86. The van der Waals surface area contributed by atoms with Crippen LogP contribution in [0, 0.1) is 17.2 Å². The molecule has 1 aliphatic carbocycles. The van der Waals surface area contributed by atoms with Gasteiger partial charge < -0.3 is 4.90 Å². The van der Waals surface area contributed by atoms with Gasteiger partial charge in [0, 0.05) is 12.6 Å². The molecule has 1 saturated heterocycles. The summed E-state index contributed by atoms with van der Waals surface area (Å²) < 4.78 is 0. The zero-order valence-corrected chi connectivity index (χ0v) is 13.3. The molecule has 2 atom stereocenters. The van der Waals surface area contributed by atoms with Gasteiger partial charge in [0.1, 0.15) is 5.54 Å². The van der Waals surface area contributed by atoms with Crippen LogP contribution in [0.1, 0.15) is 65.2 Å². The molecule has 114 valence electrons. The summed E-state index contributed by atoms with van der Waals surface area (Å²) in [6.07, 6.45) is 9.68. The Morgan fingerprint density at radius 2 is 2.10 bits per heavy atom. The molecule has 0 bridgehead atoms. The number of hydrogen-bond donors (Lipinski definition) is 1. The Morgan fingerprint density at radius 3 is 2.70 bits per heavy atom. The molecule has 0 amide bonds. The van der Waals surface area contributed by atoms with Crippen LogP contribution in [-0.2, 0) is 0 Å². The Labute approximate surface area is 124 Å². The second-order valence-electron chi connectivity index (χ2n) is 6.79. The molecule has 20 heavy (non-hydrogen) atoms. The third-order valence-electron chi connectivity index (χ3n) is 5.13. The third-order valence-corrected chi connectivity index (χ3v) is 5.13. The van der Waals surface area contributed by atoms with Gasteiger partial charge in [-0.1, -0.05) is 20.3 Å². The normalized spacial score (nSPS) is 26.9. The summed E-state index contributed by atoms with van der Waals surface area (Å²) in [4.78, 5) is 2.62. The summed E-state index contributed by atoms with van der Waals surface area (Å²) in [5.74, 6) is 0.903. The maximum absolute atomic E-state index is 9.54. The van der Waals surface area contributed by atoms with Crippen LogP contribution in [0.5, 0.6) is 0 Å². The summed E-state index contributed by atoms with van der Waals surface area (Å²) in [5, 5.41) is 13.1. The van der Waals surface area contributed by atoms with Gasteiger partial charge in [-0.15, -0.1) is 0 Å². The lowest BCUT2D eigenvalue weighted by molar-refractivity contribution is 0.165. The topological polar surface area (TPSA) is 39.1 Å². The van der Waals surface area contributed by atoms with Crippen LogP contribution < -0.4 is 5.32 Å². The second kappa shape index (κ2) is 7.43. The number of rotatable bonds is 8. The summed E-state index contributed by atoms with van der Waals surface area (Å²) in [6, 6.07) is 3.18. The van der Waals surface area contributed by atoms with Crippen LogP contribution in [0.25, 0.3) is 0 Å². The number of piperidine rings is 1. The highest BCUT2D eigenvalue weighted by molar-refractivity contribution is 5.09. The summed E-state index contributed by atoms with van der Waals surface area (Å²) in [7, 11) is 0. The SMILES string of the molecule is CCC1CCCN(CCCC(C#N)(CC)NC2CC2)C1. The molecule has 2 aliphatic rings. The minimum absolute atomic E-state index is 0.263. The van der Waals surface area contributed by atoms with E-state index in [4.69, 9.17) is 0 Å². The Morgan fingerprint density at radius 1 is 1.30 bits per heavy atom. The molecule has 0 spiro atoms. The molecule has 0 radical (unpaired) electrons. The van der Waals surface area contributed by atoms with E-state index >= 15 is 0 Å². The Balaban J connectivity index is 1.73. The lowest BCUT2D eigenvalue weighted by Crippen LogP contribution is -2.45. The van der Waals surface area contributed by atoms with Crippen molar-refractivity contribution in [3.63, 3.8) is 0 Å². The zero-order valence-electron chi connectivity index (χ0n) is 13.3. The molecule has 1 N–H and O–H groups in total. The van der Waals surface area contributed by atoms with Gasteiger partial charge in [-0.3, -0.25) is 5.32 Å². The van der Waals surface area contributed by atoms with Crippen LogP contribution in [0.3, 0.4) is 0 Å². The first-order valence-corrected chi connectivity index (χ1v) is 8.62. The van der Waals surface area contributed by atoms with Crippen LogP contribution >= 0.6 is 0 Å². The standard InChI is InChI=1S/C17H31N3/c1-3-15-7-5-11-20(13-15)12-6-10-17(4-2,14-18)19-16-8-9-16/h15-16,19H,3-13H2,1-2H3. The summed E-state index contributed by atoms with van der Waals surface area (Å²) in [5.41, 5.74) is -0.263. The van der Waals surface area contributed by atoms with Crippen molar-refractivity contribution in [3.05, 3.63) is 0 Å². The van der Waals surface area contributed by atoms with E-state index in [1.807, 2.05) is 0 Å². The molecule has 0 aromatic heterocycles. The fraction of sp³-hybridized carbons (Fsp3) is 0.941. The van der Waals surface area contributed by atoms with Crippen LogP contribution in [0.15, 0.2) is 0 Å². The molecule has 0 aromatic carbocycles. The Bertz CT molecular complexity index is 332. The fourth-order valence-electron chi connectivity index (χ4n) is 3.43. The van der Waals surface area contributed by atoms with E-state index in [0.29, 0.717) is 6.04 Å². The summed E-state index contributed by atoms with van der Waals surface area (Å²) in [6.45, 7) is 8.17. The van der Waals surface area contributed by atoms with Crippen molar-refractivity contribution in [2.75, 3.05) is 19.6 Å². The first-order chi connectivity index (χ1) is 9.71. The van der Waals surface area contributed by atoms with E-state index in [1.165, 1.54) is 51.7 Å². The molecule has 0 aromatic rings. The first-order valence-electron chi connectivity index (χ1n) is 8.62. The largest absolute Gasteiger partial charge is 0.303 e. The second-order valence-corrected chi connectivity index (χ2v) is 6.79. The van der Waals surface area contributed by atoms with Crippen molar-refractivity contribution >= 4 is 0 Å². The summed E-state index contributed by atoms with van der Waals surface area (Å²) >= 11 is 0. The number of hydrogen-bond acceptors (Lipinski definition) is 3. The highest BCUT2D eigenvalue weighted by Gasteiger charge is 2.34. The predicted molar refractivity (Wildman–Crippen MR) is 83.5 cm³/mol. The maximum atomic E-state index is 9.54. The van der Waals surface area contributed by atoms with Gasteiger partial charge in [0.15, 0.2) is 0 Å². The minimum Gasteiger partial charge on any atom is -0.303 e. The molecule has 1 aliphatic heterocycles. The van der Waals surface area contributed by atoms with Gasteiger partial charge in [0.2, 0.25) is 0 Å². The molecular weight excluding hydrogens is 246 g/mol. The van der Waals surface area contributed by atoms with Gasteiger partial charge in [0.25, 0.3) is 0 Å². The van der Waals surface area contributed by atoms with Crippen molar-refractivity contribution < 1.29 is 0 Å². The third kappa shape index (κ3) is 4.46. The van der Waals surface area contributed by atoms with Gasteiger partial charge >= 0.3 is 0 Å². The molecular formula is C17H31N3. The van der Waals surface area contributed by atoms with Crippen molar-refractivity contribution in [2.24, 2.45) is 5.92 Å². The van der Waals surface area contributed by atoms with Crippen molar-refractivity contribution in [2.45, 2.75) is 76.8 Å². The lowest BCUT2D eigenvalue weighted by Gasteiger charge is -2.33. The first kappa shape index (κ1) is 15.8. The zero-order chi connectivity index (χ0) is 14.4. The van der Waals surface area contributed by atoms with Gasteiger partial charge in [-0.2, -0.15) is 5.26 Å². The van der Waals surface area contributed by atoms with Crippen molar-refractivity contribution in [1.82, 2.24) is 10.2 Å². The van der Waals surface area contributed by atoms with E-state index in [2.05, 4.69) is 30.1 Å². The number of likely N-dealkylation sites (tertiary alicyclic amines) is 1. The maximum Gasteiger partial charge on any atom is 0.106 e. The van der Waals surface area contributed by atoms with Crippen LogP contribution in [-0.4, -0.2) is 36.1 Å². The molecule has 2 rings (SSSR count). The van der Waals surface area contributed by atoms with Crippen molar-refractivity contribution in [3.8, 4) is 6.07 Å². The van der Waals surface area contributed by atoms with Crippen LogP contribution in [0.4, 0.5) is 0 Å². The number of nitrogens with one attached hydrogen (secondary N) is 1. The average Bonchev–Trinajstić information content (AvgIpc) is 3.30. The fourth-order valence-corrected chi connectivity index (χ4v) is 3.43. The molecule has 3 nitrogen and oxygen atoms in total. The van der Waals surface area contributed by atoms with Gasteiger partial charge in [-0.25, -0.2) is 0 Å². The highest BCUT2D eigenvalue weighted by Crippen LogP contribution is 2.27. The number of nitriles is 1. The van der Waals surface area contributed by atoms with E-state index in [1.54, 1.807) is 0 Å². The monoisotopic (exact) mass is 277 g/mol. The predicted octanol–water partition coefficient (Wildman–Crippen LogP) is 3.31. The highest BCUT2D eigenvalue weighted by atomic mass is 15.1. The molecule has 2 unspecified atom stereocenters. The quantitative estimate of drug-likeness (QED) is 0.740. The van der Waals surface area contributed by atoms with E-state index in [0.717, 1.165) is 25.2 Å². The number of nitrogens with zero attached hydrogens (tertiary/aromatic N) is 2. The molecule has 2 fully saturated rings. The van der Waals surface area contributed by atoms with E-state index in [-0.39, 0.29) is 5.54 Å². The Hall–Kier alpha value is -0.590. The molecule has 3 heteroatoms. The van der Waals surface area contributed by atoms with Crippen molar-refractivity contribution in [1.29, 1.82) is 5.26 Å². The molecule has 1 saturated carbocycles. The van der Waals surface area contributed by atoms with E-state index < -0.39 is 0 Å². The smallest absolute Gasteiger partial charge is 0.106 e. The lowest BCUT2D eigenvalue weighted by atomic mass is 9.91.